The highest BCUT2D eigenvalue weighted by Crippen LogP contribution is 2.38. The Balaban J connectivity index is 3.03. The molecule has 72 valence electrons. The maximum atomic E-state index is 6.08. The lowest BCUT2D eigenvalue weighted by Crippen LogP contribution is -1.90. The molecule has 0 unspecified atom stereocenters. The Morgan fingerprint density at radius 3 is 2.57 bits per heavy atom. The van der Waals surface area contributed by atoms with E-state index in [-0.39, 0.29) is 0 Å². The van der Waals surface area contributed by atoms with Gasteiger partial charge in [-0.25, -0.2) is 0 Å². The van der Waals surface area contributed by atoms with E-state index in [1.54, 1.807) is 0 Å². The number of hydrogen-bond acceptors (Lipinski definition) is 1. The first-order valence-electron chi connectivity index (χ1n) is 3.93. The number of benzene rings is 2. The van der Waals surface area contributed by atoms with Crippen LogP contribution in [0.2, 0.25) is 5.02 Å². The van der Waals surface area contributed by atoms with Crippen molar-refractivity contribution in [1.29, 1.82) is 0 Å². The molecule has 2 aromatic rings. The van der Waals surface area contributed by atoms with Crippen LogP contribution in [0.3, 0.4) is 0 Å². The zero-order valence-electron chi connectivity index (χ0n) is 7.02. The molecule has 0 saturated carbocycles. The summed E-state index contributed by atoms with van der Waals surface area (Å²) in [5.74, 6) is 0. The maximum Gasteiger partial charge on any atom is 0.0554 e. The van der Waals surface area contributed by atoms with E-state index in [0.717, 1.165) is 19.7 Å². The van der Waals surface area contributed by atoms with E-state index >= 15 is 0 Å². The van der Waals surface area contributed by atoms with Gasteiger partial charge in [0.25, 0.3) is 0 Å². The van der Waals surface area contributed by atoms with E-state index in [2.05, 4.69) is 31.9 Å². The topological polar surface area (TPSA) is 26.0 Å². The van der Waals surface area contributed by atoms with Crippen molar-refractivity contribution in [3.05, 3.63) is 38.2 Å². The summed E-state index contributed by atoms with van der Waals surface area (Å²) in [4.78, 5) is 0. The van der Waals surface area contributed by atoms with E-state index in [9.17, 15) is 0 Å². The molecule has 0 radical (unpaired) electrons. The van der Waals surface area contributed by atoms with Crippen LogP contribution in [0.4, 0.5) is 5.69 Å². The quantitative estimate of drug-likeness (QED) is 0.700. The molecule has 0 bridgehead atoms. The molecule has 0 aliphatic carbocycles. The van der Waals surface area contributed by atoms with Crippen molar-refractivity contribution in [2.75, 3.05) is 5.73 Å². The van der Waals surface area contributed by atoms with Crippen LogP contribution >= 0.6 is 43.5 Å². The van der Waals surface area contributed by atoms with Gasteiger partial charge in [-0.2, -0.15) is 0 Å². The second-order valence-electron chi connectivity index (χ2n) is 2.92. The molecule has 2 N–H and O–H groups in total. The highest BCUT2D eigenvalue weighted by molar-refractivity contribution is 9.11. The Hall–Kier alpha value is -0.250. The Morgan fingerprint density at radius 1 is 1.14 bits per heavy atom. The summed E-state index contributed by atoms with van der Waals surface area (Å²) in [6, 6.07) is 7.64. The Labute approximate surface area is 103 Å². The summed E-state index contributed by atoms with van der Waals surface area (Å²) in [6.45, 7) is 0. The van der Waals surface area contributed by atoms with E-state index in [4.69, 9.17) is 17.3 Å². The molecule has 1 nitrogen and oxygen atoms in total. The summed E-state index contributed by atoms with van der Waals surface area (Å²) in [5.41, 5.74) is 6.61. The summed E-state index contributed by atoms with van der Waals surface area (Å²) < 4.78 is 1.83. The van der Waals surface area contributed by atoms with Crippen molar-refractivity contribution in [1.82, 2.24) is 0 Å². The maximum absolute atomic E-state index is 6.08. The lowest BCUT2D eigenvalue weighted by molar-refractivity contribution is 1.65. The minimum atomic E-state index is 0.669. The molecule has 4 heteroatoms. The van der Waals surface area contributed by atoms with E-state index in [1.165, 1.54) is 0 Å². The average Bonchev–Trinajstić information content (AvgIpc) is 2.14. The van der Waals surface area contributed by atoms with Gasteiger partial charge >= 0.3 is 0 Å². The first-order chi connectivity index (χ1) is 6.61. The third-order valence-electron chi connectivity index (χ3n) is 2.05. The van der Waals surface area contributed by atoms with Crippen LogP contribution in [0, 0.1) is 0 Å². The minimum Gasteiger partial charge on any atom is -0.397 e. The fourth-order valence-corrected chi connectivity index (χ4v) is 2.95. The second-order valence-corrected chi connectivity index (χ2v) is 5.03. The summed E-state index contributed by atoms with van der Waals surface area (Å²) in [7, 11) is 0. The zero-order chi connectivity index (χ0) is 10.3. The molecule has 0 aromatic heterocycles. The van der Waals surface area contributed by atoms with Gasteiger partial charge in [-0.15, -0.1) is 0 Å². The number of halogens is 3. The number of hydrogen-bond donors (Lipinski definition) is 1. The van der Waals surface area contributed by atoms with Crippen LogP contribution in [0.25, 0.3) is 10.8 Å². The van der Waals surface area contributed by atoms with Crippen LogP contribution in [-0.2, 0) is 0 Å². The van der Waals surface area contributed by atoms with Gasteiger partial charge in [0.05, 0.1) is 10.7 Å². The number of fused-ring (bicyclic) bond motifs is 1. The Morgan fingerprint density at radius 2 is 1.86 bits per heavy atom. The summed E-state index contributed by atoms with van der Waals surface area (Å²) in [6.07, 6.45) is 0. The predicted molar refractivity (Wildman–Crippen MR) is 68.8 cm³/mol. The lowest BCUT2D eigenvalue weighted by atomic mass is 10.1. The molecule has 0 amide bonds. The largest absolute Gasteiger partial charge is 0.397 e. The third-order valence-corrected chi connectivity index (χ3v) is 3.68. The van der Waals surface area contributed by atoms with E-state index in [0.29, 0.717) is 10.7 Å². The third kappa shape index (κ3) is 1.53. The standard InChI is InChI=1S/C10H6Br2ClN/c11-6-4-7(12)10(14)9-5(6)2-1-3-8(9)13/h1-4H,14H2. The van der Waals surface area contributed by atoms with Crippen molar-refractivity contribution >= 4 is 59.9 Å². The van der Waals surface area contributed by atoms with Crippen LogP contribution < -0.4 is 5.73 Å². The highest BCUT2D eigenvalue weighted by atomic mass is 79.9. The van der Waals surface area contributed by atoms with Crippen molar-refractivity contribution in [3.8, 4) is 0 Å². The van der Waals surface area contributed by atoms with Gasteiger partial charge in [0, 0.05) is 14.3 Å². The van der Waals surface area contributed by atoms with Gasteiger partial charge in [0.1, 0.15) is 0 Å². The van der Waals surface area contributed by atoms with E-state index in [1.807, 2.05) is 24.3 Å². The smallest absolute Gasteiger partial charge is 0.0554 e. The SMILES string of the molecule is Nc1c(Br)cc(Br)c2cccc(Cl)c12. The van der Waals surface area contributed by atoms with Crippen molar-refractivity contribution in [3.63, 3.8) is 0 Å². The number of anilines is 1. The van der Waals surface area contributed by atoms with Gasteiger partial charge in [0.2, 0.25) is 0 Å². The van der Waals surface area contributed by atoms with Crippen molar-refractivity contribution in [2.24, 2.45) is 0 Å². The molecule has 0 aliphatic rings. The van der Waals surface area contributed by atoms with Crippen LogP contribution in [0.5, 0.6) is 0 Å². The summed E-state index contributed by atoms with van der Waals surface area (Å²) in [5, 5.41) is 2.58. The minimum absolute atomic E-state index is 0.669. The van der Waals surface area contributed by atoms with E-state index < -0.39 is 0 Å². The van der Waals surface area contributed by atoms with Crippen LogP contribution in [-0.4, -0.2) is 0 Å². The molecule has 2 rings (SSSR count). The number of rotatable bonds is 0. The Kier molecular flexibility index (Phi) is 2.73. The lowest BCUT2D eigenvalue weighted by Gasteiger charge is -2.08. The molecule has 0 atom stereocenters. The number of nitrogens with two attached hydrogens (primary N) is 1. The predicted octanol–water partition coefficient (Wildman–Crippen LogP) is 4.60. The Bertz CT molecular complexity index is 511. The molecule has 0 saturated heterocycles. The van der Waals surface area contributed by atoms with Gasteiger partial charge < -0.3 is 5.73 Å². The average molecular weight is 335 g/mol. The monoisotopic (exact) mass is 333 g/mol. The van der Waals surface area contributed by atoms with Crippen molar-refractivity contribution < 1.29 is 0 Å². The van der Waals surface area contributed by atoms with Crippen LogP contribution in [0.15, 0.2) is 33.2 Å². The van der Waals surface area contributed by atoms with Crippen molar-refractivity contribution in [2.45, 2.75) is 0 Å². The molecular weight excluding hydrogens is 329 g/mol. The fraction of sp³-hybridized carbons (Fsp3) is 0. The van der Waals surface area contributed by atoms with Gasteiger partial charge in [-0.1, -0.05) is 39.7 Å². The molecule has 0 aliphatic heterocycles. The molecule has 2 aromatic carbocycles. The highest BCUT2D eigenvalue weighted by Gasteiger charge is 2.09. The zero-order valence-corrected chi connectivity index (χ0v) is 10.9. The summed E-state index contributed by atoms with van der Waals surface area (Å²) >= 11 is 12.9. The molecule has 0 spiro atoms. The first-order valence-corrected chi connectivity index (χ1v) is 5.89. The number of nitrogen functional groups attached to an aromatic ring is 1. The van der Waals surface area contributed by atoms with Crippen LogP contribution in [0.1, 0.15) is 0 Å². The van der Waals surface area contributed by atoms with Gasteiger partial charge in [0.15, 0.2) is 0 Å². The second kappa shape index (κ2) is 3.72. The van der Waals surface area contributed by atoms with Gasteiger partial charge in [-0.05, 0) is 33.4 Å². The molecule has 14 heavy (non-hydrogen) atoms. The molecular formula is C10H6Br2ClN. The fourth-order valence-electron chi connectivity index (χ4n) is 1.38. The molecule has 0 heterocycles. The van der Waals surface area contributed by atoms with Gasteiger partial charge in [-0.3, -0.25) is 0 Å². The normalized spacial score (nSPS) is 10.8. The first kappa shape index (κ1) is 10.3. The molecule has 0 fully saturated rings.